The van der Waals surface area contributed by atoms with Gasteiger partial charge >= 0.3 is 0 Å². The fraction of sp³-hybridized carbons (Fsp3) is 0.917. The summed E-state index contributed by atoms with van der Waals surface area (Å²) < 4.78 is 0. The van der Waals surface area contributed by atoms with E-state index in [9.17, 15) is 4.79 Å². The zero-order valence-corrected chi connectivity index (χ0v) is 10.9. The van der Waals surface area contributed by atoms with E-state index in [4.69, 9.17) is 5.73 Å². The summed E-state index contributed by atoms with van der Waals surface area (Å²) in [7, 11) is 0. The standard InChI is InChI=1S/C12H25N3O/c1-5-14(6-2)12(16)10(4)15-7-9(3)11(13)8-15/h9-11H,5-8,13H2,1-4H3. The van der Waals surface area contributed by atoms with E-state index >= 15 is 0 Å². The molecule has 1 heterocycles. The molecule has 3 atom stereocenters. The quantitative estimate of drug-likeness (QED) is 0.762. The Morgan fingerprint density at radius 3 is 2.38 bits per heavy atom. The molecule has 4 heteroatoms. The van der Waals surface area contributed by atoms with Crippen molar-refractivity contribution < 1.29 is 4.79 Å². The van der Waals surface area contributed by atoms with Gasteiger partial charge in [0.05, 0.1) is 6.04 Å². The van der Waals surface area contributed by atoms with Crippen molar-refractivity contribution in [3.8, 4) is 0 Å². The maximum absolute atomic E-state index is 12.1. The summed E-state index contributed by atoms with van der Waals surface area (Å²) in [6.07, 6.45) is 0. The topological polar surface area (TPSA) is 49.6 Å². The zero-order chi connectivity index (χ0) is 12.3. The summed E-state index contributed by atoms with van der Waals surface area (Å²) in [6, 6.07) is 0.183. The Hall–Kier alpha value is -0.610. The molecule has 0 radical (unpaired) electrons. The minimum Gasteiger partial charge on any atom is -0.342 e. The van der Waals surface area contributed by atoms with Crippen molar-refractivity contribution in [1.29, 1.82) is 0 Å². The Kier molecular flexibility index (Phi) is 4.74. The molecular weight excluding hydrogens is 202 g/mol. The number of amides is 1. The molecule has 0 saturated carbocycles. The van der Waals surface area contributed by atoms with Gasteiger partial charge < -0.3 is 10.6 Å². The molecule has 2 N–H and O–H groups in total. The molecule has 94 valence electrons. The highest BCUT2D eigenvalue weighted by atomic mass is 16.2. The highest BCUT2D eigenvalue weighted by Crippen LogP contribution is 2.18. The van der Waals surface area contributed by atoms with Crippen molar-refractivity contribution in [2.75, 3.05) is 26.2 Å². The van der Waals surface area contributed by atoms with Gasteiger partial charge in [0.1, 0.15) is 0 Å². The Bertz CT molecular complexity index is 230. The van der Waals surface area contributed by atoms with Gasteiger partial charge in [-0.1, -0.05) is 6.92 Å². The normalized spacial score (nSPS) is 28.1. The minimum atomic E-state index is -0.0316. The van der Waals surface area contributed by atoms with E-state index in [2.05, 4.69) is 11.8 Å². The first-order valence-corrected chi connectivity index (χ1v) is 6.29. The van der Waals surface area contributed by atoms with Crippen LogP contribution in [0.1, 0.15) is 27.7 Å². The Morgan fingerprint density at radius 1 is 1.44 bits per heavy atom. The molecule has 1 fully saturated rings. The van der Waals surface area contributed by atoms with E-state index in [1.165, 1.54) is 0 Å². The third kappa shape index (κ3) is 2.74. The average Bonchev–Trinajstić information content (AvgIpc) is 2.59. The lowest BCUT2D eigenvalue weighted by Crippen LogP contribution is -2.46. The first-order valence-electron chi connectivity index (χ1n) is 6.29. The monoisotopic (exact) mass is 227 g/mol. The van der Waals surface area contributed by atoms with Crippen LogP contribution >= 0.6 is 0 Å². The van der Waals surface area contributed by atoms with Crippen LogP contribution in [-0.4, -0.2) is 54.0 Å². The number of rotatable bonds is 4. The zero-order valence-electron chi connectivity index (χ0n) is 10.9. The first kappa shape index (κ1) is 13.5. The van der Waals surface area contributed by atoms with E-state index in [1.54, 1.807) is 0 Å². The molecule has 0 aromatic heterocycles. The summed E-state index contributed by atoms with van der Waals surface area (Å²) in [5.74, 6) is 0.721. The molecule has 0 spiro atoms. The second-order valence-corrected chi connectivity index (χ2v) is 4.78. The van der Waals surface area contributed by atoms with E-state index in [0.717, 1.165) is 26.2 Å². The number of hydrogen-bond donors (Lipinski definition) is 1. The number of hydrogen-bond acceptors (Lipinski definition) is 3. The van der Waals surface area contributed by atoms with Gasteiger partial charge in [0.2, 0.25) is 5.91 Å². The van der Waals surface area contributed by atoms with Crippen molar-refractivity contribution in [2.24, 2.45) is 11.7 Å². The van der Waals surface area contributed by atoms with Gasteiger partial charge in [0.15, 0.2) is 0 Å². The van der Waals surface area contributed by atoms with Gasteiger partial charge in [0, 0.05) is 32.2 Å². The second kappa shape index (κ2) is 5.64. The van der Waals surface area contributed by atoms with Crippen LogP contribution in [0.5, 0.6) is 0 Å². The fourth-order valence-electron chi connectivity index (χ4n) is 2.30. The van der Waals surface area contributed by atoms with Crippen LogP contribution in [-0.2, 0) is 4.79 Å². The predicted octanol–water partition coefficient (Wildman–Crippen LogP) is 0.522. The molecule has 3 unspecified atom stereocenters. The molecule has 0 aliphatic carbocycles. The molecule has 1 aliphatic rings. The van der Waals surface area contributed by atoms with Crippen LogP contribution in [0, 0.1) is 5.92 Å². The van der Waals surface area contributed by atoms with Crippen molar-refractivity contribution in [3.05, 3.63) is 0 Å². The van der Waals surface area contributed by atoms with E-state index in [0.29, 0.717) is 5.92 Å². The molecule has 0 aromatic rings. The minimum absolute atomic E-state index is 0.0316. The number of nitrogens with two attached hydrogens (primary N) is 1. The van der Waals surface area contributed by atoms with Crippen LogP contribution in [0.25, 0.3) is 0 Å². The summed E-state index contributed by atoms with van der Waals surface area (Å²) >= 11 is 0. The lowest BCUT2D eigenvalue weighted by atomic mass is 10.1. The molecule has 1 rings (SSSR count). The van der Waals surface area contributed by atoms with Crippen LogP contribution in [0.4, 0.5) is 0 Å². The third-order valence-corrected chi connectivity index (χ3v) is 3.68. The van der Waals surface area contributed by atoms with Crippen molar-refractivity contribution in [2.45, 2.75) is 39.8 Å². The van der Waals surface area contributed by atoms with E-state index < -0.39 is 0 Å². The highest BCUT2D eigenvalue weighted by Gasteiger charge is 2.33. The highest BCUT2D eigenvalue weighted by molar-refractivity contribution is 5.81. The molecule has 1 aliphatic heterocycles. The molecule has 16 heavy (non-hydrogen) atoms. The van der Waals surface area contributed by atoms with Crippen molar-refractivity contribution >= 4 is 5.91 Å². The van der Waals surface area contributed by atoms with Crippen molar-refractivity contribution in [3.63, 3.8) is 0 Å². The Balaban J connectivity index is 2.57. The van der Waals surface area contributed by atoms with Crippen LogP contribution in [0.3, 0.4) is 0 Å². The number of carbonyl (C=O) groups is 1. The Morgan fingerprint density at radius 2 is 2.00 bits per heavy atom. The number of likely N-dealkylation sites (N-methyl/N-ethyl adjacent to an activating group) is 1. The molecular formula is C12H25N3O. The third-order valence-electron chi connectivity index (χ3n) is 3.68. The maximum Gasteiger partial charge on any atom is 0.239 e. The van der Waals surface area contributed by atoms with Gasteiger partial charge in [0.25, 0.3) is 0 Å². The maximum atomic E-state index is 12.1. The number of likely N-dealkylation sites (tertiary alicyclic amines) is 1. The van der Waals surface area contributed by atoms with Crippen LogP contribution in [0.15, 0.2) is 0 Å². The molecule has 4 nitrogen and oxygen atoms in total. The van der Waals surface area contributed by atoms with Crippen LogP contribution < -0.4 is 5.73 Å². The average molecular weight is 227 g/mol. The molecule has 1 saturated heterocycles. The fourth-order valence-corrected chi connectivity index (χ4v) is 2.30. The van der Waals surface area contributed by atoms with Crippen LogP contribution in [0.2, 0.25) is 0 Å². The predicted molar refractivity (Wildman–Crippen MR) is 66.1 cm³/mol. The van der Waals surface area contributed by atoms with Gasteiger partial charge in [-0.3, -0.25) is 9.69 Å². The first-order chi connectivity index (χ1) is 7.51. The SMILES string of the molecule is CCN(CC)C(=O)C(C)N1CC(C)C(N)C1. The number of nitrogens with zero attached hydrogens (tertiary/aromatic N) is 2. The van der Waals surface area contributed by atoms with E-state index in [1.807, 2.05) is 25.7 Å². The second-order valence-electron chi connectivity index (χ2n) is 4.78. The summed E-state index contributed by atoms with van der Waals surface area (Å²) in [5.41, 5.74) is 5.98. The Labute approximate surface area is 98.8 Å². The van der Waals surface area contributed by atoms with Gasteiger partial charge in [-0.2, -0.15) is 0 Å². The van der Waals surface area contributed by atoms with Gasteiger partial charge in [-0.05, 0) is 26.7 Å². The lowest BCUT2D eigenvalue weighted by Gasteiger charge is -2.28. The van der Waals surface area contributed by atoms with Gasteiger partial charge in [-0.25, -0.2) is 0 Å². The summed E-state index contributed by atoms with van der Waals surface area (Å²) in [5, 5.41) is 0. The van der Waals surface area contributed by atoms with Gasteiger partial charge in [-0.15, -0.1) is 0 Å². The van der Waals surface area contributed by atoms with E-state index in [-0.39, 0.29) is 18.0 Å². The summed E-state index contributed by atoms with van der Waals surface area (Å²) in [4.78, 5) is 16.2. The molecule has 0 aromatic carbocycles. The smallest absolute Gasteiger partial charge is 0.239 e. The largest absolute Gasteiger partial charge is 0.342 e. The number of carbonyl (C=O) groups excluding carboxylic acids is 1. The lowest BCUT2D eigenvalue weighted by molar-refractivity contribution is -0.135. The molecule has 1 amide bonds. The summed E-state index contributed by atoms with van der Waals surface area (Å²) in [6.45, 7) is 11.5. The van der Waals surface area contributed by atoms with Crippen molar-refractivity contribution in [1.82, 2.24) is 9.80 Å². The molecule has 0 bridgehead atoms.